The fourth-order valence-electron chi connectivity index (χ4n) is 1.90. The molecule has 0 saturated carbocycles. The number of nitrogens with one attached hydrogen (secondary N) is 1. The number of nitrogens with zero attached hydrogens (tertiary/aromatic N) is 3. The molecule has 0 bridgehead atoms. The van der Waals surface area contributed by atoms with Crippen molar-refractivity contribution in [1.82, 2.24) is 20.3 Å². The van der Waals surface area contributed by atoms with Crippen molar-refractivity contribution < 1.29 is 9.53 Å². The van der Waals surface area contributed by atoms with Gasteiger partial charge in [-0.2, -0.15) is 0 Å². The second-order valence-corrected chi connectivity index (χ2v) is 5.34. The van der Waals surface area contributed by atoms with Gasteiger partial charge in [0.05, 0.1) is 12.7 Å². The zero-order chi connectivity index (χ0) is 15.5. The van der Waals surface area contributed by atoms with Gasteiger partial charge in [-0.15, -0.1) is 5.10 Å². The fraction of sp³-hybridized carbons (Fsp3) is 0.357. The minimum Gasteiger partial charge on any atom is -0.372 e. The number of benzene rings is 1. The van der Waals surface area contributed by atoms with Gasteiger partial charge < -0.3 is 10.1 Å². The number of carbonyl (C=O) groups is 1. The van der Waals surface area contributed by atoms with E-state index < -0.39 is 5.60 Å². The summed E-state index contributed by atoms with van der Waals surface area (Å²) in [6.07, 6.45) is 1.55. The van der Waals surface area contributed by atoms with Crippen LogP contribution in [-0.2, 0) is 17.4 Å². The second-order valence-electron chi connectivity index (χ2n) is 4.91. The first-order chi connectivity index (χ1) is 9.94. The SMILES string of the molecule is COC(C)(CNC(=O)c1cn(C)nn1)c1cccc(Cl)c1. The van der Waals surface area contributed by atoms with Gasteiger partial charge in [0, 0.05) is 19.2 Å². The van der Waals surface area contributed by atoms with Crippen molar-refractivity contribution in [2.45, 2.75) is 12.5 Å². The van der Waals surface area contributed by atoms with E-state index in [2.05, 4.69) is 15.6 Å². The molecule has 1 aromatic carbocycles. The van der Waals surface area contributed by atoms with Crippen molar-refractivity contribution >= 4 is 17.5 Å². The van der Waals surface area contributed by atoms with Gasteiger partial charge in [-0.25, -0.2) is 0 Å². The molecule has 0 radical (unpaired) electrons. The van der Waals surface area contributed by atoms with Gasteiger partial charge in [0.15, 0.2) is 5.69 Å². The zero-order valence-corrected chi connectivity index (χ0v) is 12.9. The molecule has 7 heteroatoms. The van der Waals surface area contributed by atoms with Gasteiger partial charge >= 0.3 is 0 Å². The third-order valence-corrected chi connectivity index (χ3v) is 3.54. The van der Waals surface area contributed by atoms with E-state index in [4.69, 9.17) is 16.3 Å². The molecule has 21 heavy (non-hydrogen) atoms. The quantitative estimate of drug-likeness (QED) is 0.914. The molecule has 0 saturated heterocycles. The molecule has 1 N–H and O–H groups in total. The molecule has 1 amide bonds. The van der Waals surface area contributed by atoms with Crippen LogP contribution in [-0.4, -0.2) is 34.6 Å². The van der Waals surface area contributed by atoms with Crippen LogP contribution in [0.3, 0.4) is 0 Å². The van der Waals surface area contributed by atoms with Gasteiger partial charge in [0.25, 0.3) is 5.91 Å². The summed E-state index contributed by atoms with van der Waals surface area (Å²) in [5.74, 6) is -0.298. The molecule has 2 aromatic rings. The van der Waals surface area contributed by atoms with Crippen molar-refractivity contribution in [3.8, 4) is 0 Å². The van der Waals surface area contributed by atoms with Crippen molar-refractivity contribution in [3.63, 3.8) is 0 Å². The Morgan fingerprint density at radius 1 is 1.52 bits per heavy atom. The summed E-state index contributed by atoms with van der Waals surface area (Å²) >= 11 is 6.01. The van der Waals surface area contributed by atoms with Crippen LogP contribution in [0.4, 0.5) is 0 Å². The van der Waals surface area contributed by atoms with E-state index in [9.17, 15) is 4.79 Å². The lowest BCUT2D eigenvalue weighted by atomic mass is 9.95. The largest absolute Gasteiger partial charge is 0.372 e. The van der Waals surface area contributed by atoms with E-state index in [1.54, 1.807) is 26.4 Å². The fourth-order valence-corrected chi connectivity index (χ4v) is 2.09. The summed E-state index contributed by atoms with van der Waals surface area (Å²) in [6.45, 7) is 2.18. The molecular formula is C14H17ClN4O2. The minimum absolute atomic E-state index is 0.266. The number of hydrogen-bond acceptors (Lipinski definition) is 4. The number of ether oxygens (including phenoxy) is 1. The number of aromatic nitrogens is 3. The first-order valence-electron chi connectivity index (χ1n) is 6.40. The Hall–Kier alpha value is -1.92. The van der Waals surface area contributed by atoms with E-state index >= 15 is 0 Å². The molecule has 2 rings (SSSR count). The summed E-state index contributed by atoms with van der Waals surface area (Å²) in [5.41, 5.74) is 0.474. The van der Waals surface area contributed by atoms with Gasteiger partial charge in [0.2, 0.25) is 0 Å². The van der Waals surface area contributed by atoms with Gasteiger partial charge in [0.1, 0.15) is 5.60 Å². The maximum Gasteiger partial charge on any atom is 0.273 e. The van der Waals surface area contributed by atoms with Crippen LogP contribution in [0.1, 0.15) is 23.0 Å². The summed E-state index contributed by atoms with van der Waals surface area (Å²) in [5, 5.41) is 10.9. The number of aryl methyl sites for hydroxylation is 1. The standard InChI is InChI=1S/C14H17ClN4O2/c1-14(21-3,10-5-4-6-11(15)7-10)9-16-13(20)12-8-19(2)18-17-12/h4-8H,9H2,1-3H3,(H,16,20). The molecule has 1 atom stereocenters. The van der Waals surface area contributed by atoms with E-state index in [0.29, 0.717) is 11.6 Å². The van der Waals surface area contributed by atoms with Gasteiger partial charge in [-0.3, -0.25) is 9.48 Å². The molecule has 1 heterocycles. The second kappa shape index (κ2) is 6.24. The van der Waals surface area contributed by atoms with Crippen LogP contribution >= 0.6 is 11.6 Å². The van der Waals surface area contributed by atoms with Gasteiger partial charge in [-0.05, 0) is 24.6 Å². The van der Waals surface area contributed by atoms with Crippen molar-refractivity contribution in [3.05, 3.63) is 46.7 Å². The highest BCUT2D eigenvalue weighted by molar-refractivity contribution is 6.30. The predicted octanol–water partition coefficient (Wildman–Crippen LogP) is 1.76. The van der Waals surface area contributed by atoms with Crippen LogP contribution in [0.15, 0.2) is 30.5 Å². The Bertz CT molecular complexity index is 643. The third kappa shape index (κ3) is 3.59. The average Bonchev–Trinajstić information content (AvgIpc) is 2.91. The first kappa shape index (κ1) is 15.5. The highest BCUT2D eigenvalue weighted by Gasteiger charge is 2.27. The number of amides is 1. The highest BCUT2D eigenvalue weighted by Crippen LogP contribution is 2.26. The average molecular weight is 309 g/mol. The summed E-state index contributed by atoms with van der Waals surface area (Å²) in [7, 11) is 3.30. The molecule has 0 aliphatic heterocycles. The Balaban J connectivity index is 2.10. The lowest BCUT2D eigenvalue weighted by Gasteiger charge is -2.29. The smallest absolute Gasteiger partial charge is 0.273 e. The first-order valence-corrected chi connectivity index (χ1v) is 6.78. The van der Waals surface area contributed by atoms with E-state index in [-0.39, 0.29) is 11.6 Å². The van der Waals surface area contributed by atoms with Crippen molar-refractivity contribution in [2.24, 2.45) is 7.05 Å². The number of carbonyl (C=O) groups excluding carboxylic acids is 1. The van der Waals surface area contributed by atoms with Crippen molar-refractivity contribution in [1.29, 1.82) is 0 Å². The highest BCUT2D eigenvalue weighted by atomic mass is 35.5. The normalized spacial score (nSPS) is 13.7. The minimum atomic E-state index is -0.678. The summed E-state index contributed by atoms with van der Waals surface area (Å²) in [6, 6.07) is 7.36. The van der Waals surface area contributed by atoms with E-state index in [0.717, 1.165) is 5.56 Å². The molecule has 0 aliphatic carbocycles. The van der Waals surface area contributed by atoms with Crippen LogP contribution in [0.2, 0.25) is 5.02 Å². The van der Waals surface area contributed by atoms with Crippen LogP contribution in [0.5, 0.6) is 0 Å². The van der Waals surface area contributed by atoms with Crippen LogP contribution in [0.25, 0.3) is 0 Å². The molecule has 112 valence electrons. The number of halogens is 1. The Kier molecular flexibility index (Phi) is 4.59. The Morgan fingerprint density at radius 3 is 2.86 bits per heavy atom. The van der Waals surface area contributed by atoms with E-state index in [1.165, 1.54) is 4.68 Å². The molecule has 6 nitrogen and oxygen atoms in total. The van der Waals surface area contributed by atoms with Crippen LogP contribution < -0.4 is 5.32 Å². The third-order valence-electron chi connectivity index (χ3n) is 3.31. The number of rotatable bonds is 5. The lowest BCUT2D eigenvalue weighted by molar-refractivity contribution is 0.00311. The van der Waals surface area contributed by atoms with E-state index in [1.807, 2.05) is 25.1 Å². The predicted molar refractivity (Wildman–Crippen MR) is 79.1 cm³/mol. The summed E-state index contributed by atoms with van der Waals surface area (Å²) < 4.78 is 7.03. The molecule has 0 spiro atoms. The maximum absolute atomic E-state index is 12.0. The molecule has 1 unspecified atom stereocenters. The number of methoxy groups -OCH3 is 1. The summed E-state index contributed by atoms with van der Waals surface area (Å²) in [4.78, 5) is 12.0. The van der Waals surface area contributed by atoms with Crippen molar-refractivity contribution in [2.75, 3.05) is 13.7 Å². The maximum atomic E-state index is 12.0. The lowest BCUT2D eigenvalue weighted by Crippen LogP contribution is -2.40. The topological polar surface area (TPSA) is 69.0 Å². The monoisotopic (exact) mass is 308 g/mol. The Morgan fingerprint density at radius 2 is 2.29 bits per heavy atom. The molecule has 0 fully saturated rings. The zero-order valence-electron chi connectivity index (χ0n) is 12.1. The molecular weight excluding hydrogens is 292 g/mol. The molecule has 1 aromatic heterocycles. The number of hydrogen-bond donors (Lipinski definition) is 1. The molecule has 0 aliphatic rings. The Labute approximate surface area is 128 Å². The van der Waals surface area contributed by atoms with Gasteiger partial charge in [-0.1, -0.05) is 28.9 Å². The van der Waals surface area contributed by atoms with Crippen LogP contribution in [0, 0.1) is 0 Å².